The predicted octanol–water partition coefficient (Wildman–Crippen LogP) is 2.27. The second-order valence-electron chi connectivity index (χ2n) is 4.81. The highest BCUT2D eigenvalue weighted by molar-refractivity contribution is 5.56. The normalized spacial score (nSPS) is 11.1. The Hall–Kier alpha value is -1.92. The Balaban J connectivity index is 2.94. The van der Waals surface area contributed by atoms with Crippen LogP contribution in [0, 0.1) is 15.5 Å². The summed E-state index contributed by atoms with van der Waals surface area (Å²) < 4.78 is 0. The smallest absolute Gasteiger partial charge is 0.329 e. The van der Waals surface area contributed by atoms with E-state index in [4.69, 9.17) is 0 Å². The number of hydrogen-bond acceptors (Lipinski definition) is 6. The van der Waals surface area contributed by atoms with E-state index in [-0.39, 0.29) is 16.9 Å². The van der Waals surface area contributed by atoms with Crippen LogP contribution < -0.4 is 10.6 Å². The van der Waals surface area contributed by atoms with Crippen molar-refractivity contribution in [2.45, 2.75) is 27.2 Å². The van der Waals surface area contributed by atoms with Gasteiger partial charge in [0.05, 0.1) is 4.92 Å². The Bertz CT molecular complexity index is 433. The van der Waals surface area contributed by atoms with E-state index >= 15 is 0 Å². The third-order valence-electron chi connectivity index (χ3n) is 2.88. The largest absolute Gasteiger partial charge is 0.364 e. The monoisotopic (exact) mass is 253 g/mol. The van der Waals surface area contributed by atoms with E-state index in [0.717, 1.165) is 6.42 Å². The quantitative estimate of drug-likeness (QED) is 0.596. The van der Waals surface area contributed by atoms with Gasteiger partial charge < -0.3 is 10.6 Å². The fraction of sp³-hybridized carbons (Fsp3) is 0.636. The zero-order chi connectivity index (χ0) is 13.8. The van der Waals surface area contributed by atoms with Gasteiger partial charge in [-0.3, -0.25) is 10.1 Å². The number of hydrogen-bond donors (Lipinski definition) is 2. The van der Waals surface area contributed by atoms with Crippen molar-refractivity contribution >= 4 is 17.5 Å². The molecule has 0 saturated carbocycles. The molecule has 0 aromatic carbocycles. The van der Waals surface area contributed by atoms with Crippen molar-refractivity contribution in [1.29, 1.82) is 0 Å². The molecule has 0 saturated heterocycles. The SMILES string of the molecule is CCC(C)(C)CNc1nc(NC)ncc1[N+](=O)[O-]. The van der Waals surface area contributed by atoms with Crippen LogP contribution in [-0.4, -0.2) is 28.5 Å². The molecule has 0 aliphatic carbocycles. The van der Waals surface area contributed by atoms with Gasteiger partial charge >= 0.3 is 5.69 Å². The number of aromatic nitrogens is 2. The summed E-state index contributed by atoms with van der Waals surface area (Å²) in [4.78, 5) is 18.3. The van der Waals surface area contributed by atoms with Crippen LogP contribution in [-0.2, 0) is 0 Å². The maximum atomic E-state index is 10.9. The number of nitro groups is 1. The molecule has 0 amide bonds. The van der Waals surface area contributed by atoms with Gasteiger partial charge in [0.15, 0.2) is 0 Å². The van der Waals surface area contributed by atoms with E-state index in [9.17, 15) is 10.1 Å². The molecule has 1 rings (SSSR count). The summed E-state index contributed by atoms with van der Waals surface area (Å²) in [7, 11) is 1.67. The van der Waals surface area contributed by atoms with Crippen LogP contribution >= 0.6 is 0 Å². The standard InChI is InChI=1S/C11H19N5O2/c1-5-11(2,3)7-14-9-8(16(17)18)6-13-10(12-4)15-9/h6H,5,7H2,1-4H3,(H2,12,13,14,15). The Kier molecular flexibility index (Phi) is 4.41. The molecule has 18 heavy (non-hydrogen) atoms. The highest BCUT2D eigenvalue weighted by Gasteiger charge is 2.20. The molecular formula is C11H19N5O2. The number of nitrogens with one attached hydrogen (secondary N) is 2. The molecular weight excluding hydrogens is 234 g/mol. The van der Waals surface area contributed by atoms with Crippen molar-refractivity contribution in [3.63, 3.8) is 0 Å². The summed E-state index contributed by atoms with van der Waals surface area (Å²) in [5, 5.41) is 16.7. The minimum Gasteiger partial charge on any atom is -0.364 e. The van der Waals surface area contributed by atoms with E-state index < -0.39 is 4.92 Å². The first-order chi connectivity index (χ1) is 8.39. The van der Waals surface area contributed by atoms with Gasteiger partial charge in [-0.15, -0.1) is 0 Å². The lowest BCUT2D eigenvalue weighted by Gasteiger charge is -2.23. The topological polar surface area (TPSA) is 93.0 Å². The first-order valence-corrected chi connectivity index (χ1v) is 5.82. The van der Waals surface area contributed by atoms with Gasteiger partial charge in [0.2, 0.25) is 11.8 Å². The molecule has 7 nitrogen and oxygen atoms in total. The summed E-state index contributed by atoms with van der Waals surface area (Å²) in [6, 6.07) is 0. The molecule has 1 aromatic heterocycles. The molecule has 100 valence electrons. The van der Waals surface area contributed by atoms with Crippen molar-refractivity contribution in [2.24, 2.45) is 5.41 Å². The minimum absolute atomic E-state index is 0.0542. The number of nitrogens with zero attached hydrogens (tertiary/aromatic N) is 3. The third-order valence-corrected chi connectivity index (χ3v) is 2.88. The lowest BCUT2D eigenvalue weighted by molar-refractivity contribution is -0.384. The summed E-state index contributed by atoms with van der Waals surface area (Å²) >= 11 is 0. The Morgan fingerprint density at radius 2 is 2.17 bits per heavy atom. The van der Waals surface area contributed by atoms with Gasteiger partial charge in [-0.25, -0.2) is 4.98 Å². The Morgan fingerprint density at radius 3 is 2.67 bits per heavy atom. The molecule has 0 unspecified atom stereocenters. The number of anilines is 2. The number of rotatable bonds is 6. The van der Waals surface area contributed by atoms with Crippen molar-refractivity contribution in [1.82, 2.24) is 9.97 Å². The molecule has 2 N–H and O–H groups in total. The van der Waals surface area contributed by atoms with Crippen LogP contribution in [0.5, 0.6) is 0 Å². The minimum atomic E-state index is -0.485. The molecule has 0 aliphatic heterocycles. The fourth-order valence-electron chi connectivity index (χ4n) is 1.21. The second kappa shape index (κ2) is 5.61. The van der Waals surface area contributed by atoms with Crippen LogP contribution in [0.15, 0.2) is 6.20 Å². The molecule has 0 aliphatic rings. The molecule has 1 aromatic rings. The fourth-order valence-corrected chi connectivity index (χ4v) is 1.21. The van der Waals surface area contributed by atoms with Gasteiger partial charge in [0.1, 0.15) is 6.20 Å². The summed E-state index contributed by atoms with van der Waals surface area (Å²) in [6.07, 6.45) is 2.18. The molecule has 0 spiro atoms. The maximum absolute atomic E-state index is 10.9. The zero-order valence-corrected chi connectivity index (χ0v) is 11.1. The predicted molar refractivity (Wildman–Crippen MR) is 70.8 cm³/mol. The second-order valence-corrected chi connectivity index (χ2v) is 4.81. The molecule has 0 bridgehead atoms. The molecule has 0 fully saturated rings. The first-order valence-electron chi connectivity index (χ1n) is 5.82. The van der Waals surface area contributed by atoms with Crippen molar-refractivity contribution in [2.75, 3.05) is 24.2 Å². The van der Waals surface area contributed by atoms with Gasteiger partial charge in [0.25, 0.3) is 0 Å². The van der Waals surface area contributed by atoms with Crippen molar-refractivity contribution < 1.29 is 4.92 Å². The summed E-state index contributed by atoms with van der Waals surface area (Å²) in [5.41, 5.74) is -0.0561. The molecule has 0 atom stereocenters. The van der Waals surface area contributed by atoms with Gasteiger partial charge in [-0.2, -0.15) is 4.98 Å². The Morgan fingerprint density at radius 1 is 1.50 bits per heavy atom. The van der Waals surface area contributed by atoms with Crippen LogP contribution in [0.2, 0.25) is 0 Å². The molecule has 1 heterocycles. The first kappa shape index (κ1) is 14.1. The van der Waals surface area contributed by atoms with E-state index in [1.165, 1.54) is 6.20 Å². The average Bonchev–Trinajstić information content (AvgIpc) is 2.36. The maximum Gasteiger partial charge on any atom is 0.329 e. The molecule has 7 heteroatoms. The van der Waals surface area contributed by atoms with E-state index in [2.05, 4.69) is 41.4 Å². The third kappa shape index (κ3) is 3.54. The van der Waals surface area contributed by atoms with Gasteiger partial charge in [-0.1, -0.05) is 20.8 Å². The van der Waals surface area contributed by atoms with E-state index in [1.807, 2.05) is 0 Å². The van der Waals surface area contributed by atoms with Gasteiger partial charge in [-0.05, 0) is 11.8 Å². The Labute approximate surface area is 106 Å². The van der Waals surface area contributed by atoms with Gasteiger partial charge in [0, 0.05) is 13.6 Å². The zero-order valence-electron chi connectivity index (χ0n) is 11.1. The highest BCUT2D eigenvalue weighted by atomic mass is 16.6. The van der Waals surface area contributed by atoms with Crippen LogP contribution in [0.4, 0.5) is 17.5 Å². The van der Waals surface area contributed by atoms with Crippen LogP contribution in [0.3, 0.4) is 0 Å². The highest BCUT2D eigenvalue weighted by Crippen LogP contribution is 2.25. The summed E-state index contributed by atoms with van der Waals surface area (Å²) in [6.45, 7) is 6.87. The van der Waals surface area contributed by atoms with E-state index in [1.54, 1.807) is 7.05 Å². The summed E-state index contributed by atoms with van der Waals surface area (Å²) in [5.74, 6) is 0.610. The average molecular weight is 253 g/mol. The van der Waals surface area contributed by atoms with E-state index in [0.29, 0.717) is 12.5 Å². The lowest BCUT2D eigenvalue weighted by Crippen LogP contribution is -2.23. The lowest BCUT2D eigenvalue weighted by atomic mass is 9.90. The van der Waals surface area contributed by atoms with Crippen LogP contribution in [0.1, 0.15) is 27.2 Å². The van der Waals surface area contributed by atoms with Crippen LogP contribution in [0.25, 0.3) is 0 Å². The van der Waals surface area contributed by atoms with Crippen molar-refractivity contribution in [3.8, 4) is 0 Å². The molecule has 0 radical (unpaired) electrons. The van der Waals surface area contributed by atoms with Crippen molar-refractivity contribution in [3.05, 3.63) is 16.3 Å².